The highest BCUT2D eigenvalue weighted by molar-refractivity contribution is 7.89. The maximum absolute atomic E-state index is 12.6. The molecule has 2 rings (SSSR count). The summed E-state index contributed by atoms with van der Waals surface area (Å²) >= 11 is 0. The Hall–Kier alpha value is -2.71. The largest absolute Gasteiger partial charge is 0.508 e. The first kappa shape index (κ1) is 21.6. The van der Waals surface area contributed by atoms with Gasteiger partial charge in [0, 0.05) is 0 Å². The molecular weight excluding hydrogens is 378 g/mol. The first-order valence-electron chi connectivity index (χ1n) is 8.88. The molecular formula is C20H25N3O4S. The number of hydrogen-bond acceptors (Lipinski definition) is 5. The van der Waals surface area contributed by atoms with E-state index in [1.54, 1.807) is 24.3 Å². The quantitative estimate of drug-likeness (QED) is 0.465. The Balaban J connectivity index is 2.11. The number of hydrogen-bond donors (Lipinski definition) is 3. The zero-order valence-corrected chi connectivity index (χ0v) is 16.9. The van der Waals surface area contributed by atoms with E-state index in [9.17, 15) is 18.3 Å². The van der Waals surface area contributed by atoms with Crippen molar-refractivity contribution < 1.29 is 18.3 Å². The maximum Gasteiger partial charge on any atom is 0.258 e. The predicted molar refractivity (Wildman–Crippen MR) is 109 cm³/mol. The minimum Gasteiger partial charge on any atom is -0.508 e. The van der Waals surface area contributed by atoms with Crippen molar-refractivity contribution in [1.29, 1.82) is 0 Å². The molecule has 1 amide bonds. The molecule has 1 atom stereocenters. The Morgan fingerprint density at radius 3 is 2.46 bits per heavy atom. The van der Waals surface area contributed by atoms with E-state index in [0.29, 0.717) is 12.0 Å². The summed E-state index contributed by atoms with van der Waals surface area (Å²) < 4.78 is 27.7. The summed E-state index contributed by atoms with van der Waals surface area (Å²) in [7, 11) is -3.85. The van der Waals surface area contributed by atoms with Crippen molar-refractivity contribution in [1.82, 2.24) is 10.1 Å². The first-order chi connectivity index (χ1) is 13.2. The third kappa shape index (κ3) is 6.47. The molecule has 0 aromatic heterocycles. The zero-order chi connectivity index (χ0) is 20.7. The number of hydrazone groups is 1. The van der Waals surface area contributed by atoms with Gasteiger partial charge in [-0.15, -0.1) is 0 Å². The summed E-state index contributed by atoms with van der Waals surface area (Å²) in [6.07, 6.45) is 1.69. The third-order valence-electron chi connectivity index (χ3n) is 3.91. The van der Waals surface area contributed by atoms with E-state index >= 15 is 0 Å². The summed E-state index contributed by atoms with van der Waals surface area (Å²) in [5, 5.41) is 13.3. The van der Waals surface area contributed by atoms with Gasteiger partial charge in [-0.05, 0) is 49.1 Å². The number of carbonyl (C=O) groups is 1. The van der Waals surface area contributed by atoms with Gasteiger partial charge in [-0.2, -0.15) is 9.82 Å². The third-order valence-corrected chi connectivity index (χ3v) is 5.40. The number of phenols is 1. The van der Waals surface area contributed by atoms with Gasteiger partial charge in [0.25, 0.3) is 5.91 Å². The van der Waals surface area contributed by atoms with Gasteiger partial charge in [0.05, 0.1) is 11.1 Å². The fraction of sp³-hybridized carbons (Fsp3) is 0.300. The molecule has 0 saturated heterocycles. The minimum absolute atomic E-state index is 0.0822. The minimum atomic E-state index is -3.85. The summed E-state index contributed by atoms with van der Waals surface area (Å²) in [6.45, 7) is 5.66. The molecule has 150 valence electrons. The second-order valence-corrected chi connectivity index (χ2v) is 8.66. The molecule has 0 aliphatic heterocycles. The van der Waals surface area contributed by atoms with Crippen LogP contribution in [0.15, 0.2) is 58.5 Å². The highest BCUT2D eigenvalue weighted by Gasteiger charge is 2.26. The number of amides is 1. The molecule has 7 nitrogen and oxygen atoms in total. The Kier molecular flexibility index (Phi) is 7.31. The topological polar surface area (TPSA) is 108 Å². The molecule has 0 aliphatic rings. The number of nitrogens with zero attached hydrogens (tertiary/aromatic N) is 1. The van der Waals surface area contributed by atoms with E-state index in [1.807, 2.05) is 20.8 Å². The number of benzene rings is 2. The van der Waals surface area contributed by atoms with Gasteiger partial charge >= 0.3 is 0 Å². The van der Waals surface area contributed by atoms with E-state index in [4.69, 9.17) is 0 Å². The molecule has 1 unspecified atom stereocenters. The lowest BCUT2D eigenvalue weighted by molar-refractivity contribution is -0.123. The van der Waals surface area contributed by atoms with Crippen molar-refractivity contribution in [2.45, 2.75) is 38.1 Å². The Morgan fingerprint density at radius 1 is 1.18 bits per heavy atom. The van der Waals surface area contributed by atoms with E-state index < -0.39 is 22.0 Å². The number of nitrogens with one attached hydrogen (secondary N) is 2. The van der Waals surface area contributed by atoms with Crippen molar-refractivity contribution >= 4 is 22.1 Å². The standard InChI is InChI=1S/C20H25N3O4S/c1-14(2)11-19(23-28(26,27)18-9-7-15(3)8-10-18)20(25)22-21-13-16-5-4-6-17(24)12-16/h4-10,12-14,19,23-24H,11H2,1-3H3,(H,22,25). The summed E-state index contributed by atoms with van der Waals surface area (Å²) in [6, 6.07) is 11.8. The van der Waals surface area contributed by atoms with Crippen LogP contribution in [0, 0.1) is 12.8 Å². The lowest BCUT2D eigenvalue weighted by atomic mass is 10.0. The van der Waals surface area contributed by atoms with Crippen LogP contribution in [-0.4, -0.2) is 31.7 Å². The molecule has 8 heteroatoms. The molecule has 0 heterocycles. The molecule has 0 fully saturated rings. The second-order valence-electron chi connectivity index (χ2n) is 6.95. The summed E-state index contributed by atoms with van der Waals surface area (Å²) in [5.41, 5.74) is 3.90. The van der Waals surface area contributed by atoms with Gasteiger partial charge in [-0.25, -0.2) is 13.8 Å². The fourth-order valence-corrected chi connectivity index (χ4v) is 3.71. The smallest absolute Gasteiger partial charge is 0.258 e. The van der Waals surface area contributed by atoms with Crippen LogP contribution in [-0.2, 0) is 14.8 Å². The average Bonchev–Trinajstić information content (AvgIpc) is 2.61. The second kappa shape index (κ2) is 9.48. The monoisotopic (exact) mass is 403 g/mol. The van der Waals surface area contributed by atoms with Crippen LogP contribution < -0.4 is 10.1 Å². The molecule has 2 aromatic carbocycles. The van der Waals surface area contributed by atoms with Crippen molar-refractivity contribution in [3.05, 3.63) is 59.7 Å². The molecule has 0 aliphatic carbocycles. The highest BCUT2D eigenvalue weighted by Crippen LogP contribution is 2.13. The highest BCUT2D eigenvalue weighted by atomic mass is 32.2. The van der Waals surface area contributed by atoms with Gasteiger partial charge < -0.3 is 5.11 Å². The Labute approximate surface area is 165 Å². The number of sulfonamides is 1. The summed E-state index contributed by atoms with van der Waals surface area (Å²) in [5.74, 6) is -0.383. The first-order valence-corrected chi connectivity index (χ1v) is 10.4. The normalized spacial score (nSPS) is 13.0. The van der Waals surface area contributed by atoms with Crippen molar-refractivity contribution in [2.75, 3.05) is 0 Å². The Morgan fingerprint density at radius 2 is 1.86 bits per heavy atom. The molecule has 28 heavy (non-hydrogen) atoms. The number of aromatic hydroxyl groups is 1. The molecule has 3 N–H and O–H groups in total. The van der Waals surface area contributed by atoms with Crippen LogP contribution in [0.2, 0.25) is 0 Å². The van der Waals surface area contributed by atoms with E-state index in [0.717, 1.165) is 5.56 Å². The number of rotatable bonds is 8. The van der Waals surface area contributed by atoms with Gasteiger partial charge in [-0.1, -0.05) is 43.7 Å². The van der Waals surface area contributed by atoms with E-state index in [1.165, 1.54) is 30.5 Å². The fourth-order valence-electron chi connectivity index (χ4n) is 2.51. The molecule has 0 saturated carbocycles. The van der Waals surface area contributed by atoms with Crippen molar-refractivity contribution in [3.63, 3.8) is 0 Å². The number of phenolic OH excluding ortho intramolecular Hbond substituents is 1. The van der Waals surface area contributed by atoms with Gasteiger partial charge in [0.15, 0.2) is 0 Å². The lowest BCUT2D eigenvalue weighted by Crippen LogP contribution is -2.46. The lowest BCUT2D eigenvalue weighted by Gasteiger charge is -2.19. The number of carbonyl (C=O) groups excluding carboxylic acids is 1. The van der Waals surface area contributed by atoms with Crippen LogP contribution in [0.25, 0.3) is 0 Å². The van der Waals surface area contributed by atoms with Gasteiger partial charge in [-0.3, -0.25) is 4.79 Å². The molecule has 0 bridgehead atoms. The van der Waals surface area contributed by atoms with Crippen LogP contribution in [0.3, 0.4) is 0 Å². The zero-order valence-electron chi connectivity index (χ0n) is 16.1. The SMILES string of the molecule is Cc1ccc(S(=O)(=O)NC(CC(C)C)C(=O)NN=Cc2cccc(O)c2)cc1. The van der Waals surface area contributed by atoms with Crippen LogP contribution >= 0.6 is 0 Å². The van der Waals surface area contributed by atoms with Crippen molar-refractivity contribution in [2.24, 2.45) is 11.0 Å². The van der Waals surface area contributed by atoms with Crippen LogP contribution in [0.1, 0.15) is 31.4 Å². The van der Waals surface area contributed by atoms with Crippen LogP contribution in [0.4, 0.5) is 0 Å². The Bertz CT molecular complexity index is 938. The van der Waals surface area contributed by atoms with Crippen molar-refractivity contribution in [3.8, 4) is 5.75 Å². The van der Waals surface area contributed by atoms with Gasteiger partial charge in [0.1, 0.15) is 11.8 Å². The molecule has 0 radical (unpaired) electrons. The number of aryl methyl sites for hydroxylation is 1. The van der Waals surface area contributed by atoms with Crippen LogP contribution in [0.5, 0.6) is 5.75 Å². The molecule has 0 spiro atoms. The van der Waals surface area contributed by atoms with E-state index in [2.05, 4.69) is 15.2 Å². The predicted octanol–water partition coefficient (Wildman–Crippen LogP) is 2.54. The molecule has 2 aromatic rings. The van der Waals surface area contributed by atoms with Gasteiger partial charge in [0.2, 0.25) is 10.0 Å². The van der Waals surface area contributed by atoms with E-state index in [-0.39, 0.29) is 16.6 Å². The average molecular weight is 404 g/mol. The maximum atomic E-state index is 12.6. The summed E-state index contributed by atoms with van der Waals surface area (Å²) in [4.78, 5) is 12.6.